The van der Waals surface area contributed by atoms with Crippen molar-refractivity contribution in [3.05, 3.63) is 63.6 Å². The zero-order valence-corrected chi connectivity index (χ0v) is 14.5. The number of nitrogens with two attached hydrogens (primary N) is 1. The number of carbonyl (C=O) groups excluding carboxylic acids is 2. The normalized spacial score (nSPS) is 19.7. The molecule has 0 radical (unpaired) electrons. The van der Waals surface area contributed by atoms with Gasteiger partial charge in [0, 0.05) is 17.3 Å². The SMILES string of the molecule is C[C@@H]1C[C@H](C(N)=O)c2ccccc2N1C(=O)c1ccc(Cl)c(Cl)c1. The number of fused-ring (bicyclic) bond motifs is 1. The Hall–Kier alpha value is -2.04. The minimum Gasteiger partial charge on any atom is -0.369 e. The smallest absolute Gasteiger partial charge is 0.258 e. The number of hydrogen-bond donors (Lipinski definition) is 1. The van der Waals surface area contributed by atoms with E-state index < -0.39 is 5.92 Å². The number of anilines is 1. The third-order valence-corrected chi connectivity index (χ3v) is 5.06. The molecular weight excluding hydrogens is 347 g/mol. The number of rotatable bonds is 2. The lowest BCUT2D eigenvalue weighted by atomic mass is 9.85. The summed E-state index contributed by atoms with van der Waals surface area (Å²) in [6.07, 6.45) is 0.486. The topological polar surface area (TPSA) is 63.4 Å². The molecule has 2 aromatic carbocycles. The summed E-state index contributed by atoms with van der Waals surface area (Å²) in [5.74, 6) is -0.957. The average Bonchev–Trinajstić information content (AvgIpc) is 2.56. The Morgan fingerprint density at radius 1 is 1.12 bits per heavy atom. The number of benzene rings is 2. The molecule has 1 aliphatic heterocycles. The maximum Gasteiger partial charge on any atom is 0.258 e. The fourth-order valence-electron chi connectivity index (χ4n) is 3.16. The molecule has 0 unspecified atom stereocenters. The third kappa shape index (κ3) is 2.87. The Morgan fingerprint density at radius 3 is 2.50 bits per heavy atom. The maximum atomic E-state index is 13.0. The number of para-hydroxylation sites is 1. The van der Waals surface area contributed by atoms with Gasteiger partial charge in [0.2, 0.25) is 5.91 Å². The van der Waals surface area contributed by atoms with Gasteiger partial charge in [-0.1, -0.05) is 41.4 Å². The Kier molecular flexibility index (Phi) is 4.52. The molecule has 2 N–H and O–H groups in total. The molecule has 2 amide bonds. The first-order valence-corrected chi connectivity index (χ1v) is 8.32. The second-order valence-corrected chi connectivity index (χ2v) is 6.72. The van der Waals surface area contributed by atoms with E-state index in [1.807, 2.05) is 31.2 Å². The molecule has 3 rings (SSSR count). The van der Waals surface area contributed by atoms with Crippen LogP contribution in [0.1, 0.15) is 35.2 Å². The van der Waals surface area contributed by atoms with Gasteiger partial charge in [-0.25, -0.2) is 0 Å². The highest BCUT2D eigenvalue weighted by atomic mass is 35.5. The van der Waals surface area contributed by atoms with Crippen molar-refractivity contribution in [2.45, 2.75) is 25.3 Å². The largest absolute Gasteiger partial charge is 0.369 e. The molecule has 24 heavy (non-hydrogen) atoms. The van der Waals surface area contributed by atoms with Crippen molar-refractivity contribution in [1.82, 2.24) is 0 Å². The van der Waals surface area contributed by atoms with Crippen molar-refractivity contribution < 1.29 is 9.59 Å². The first-order valence-electron chi connectivity index (χ1n) is 7.57. The maximum absolute atomic E-state index is 13.0. The molecule has 0 spiro atoms. The lowest BCUT2D eigenvalue weighted by Crippen LogP contribution is -2.45. The van der Waals surface area contributed by atoms with E-state index >= 15 is 0 Å². The van der Waals surface area contributed by atoms with E-state index in [2.05, 4.69) is 0 Å². The number of primary amides is 1. The van der Waals surface area contributed by atoms with Crippen LogP contribution in [0.3, 0.4) is 0 Å². The van der Waals surface area contributed by atoms with Crippen LogP contribution in [0.2, 0.25) is 10.0 Å². The molecule has 0 saturated carbocycles. The molecular formula is C18H16Cl2N2O2. The van der Waals surface area contributed by atoms with E-state index in [9.17, 15) is 9.59 Å². The lowest BCUT2D eigenvalue weighted by molar-refractivity contribution is -0.119. The third-order valence-electron chi connectivity index (χ3n) is 4.32. The monoisotopic (exact) mass is 362 g/mol. The molecule has 2 atom stereocenters. The summed E-state index contributed by atoms with van der Waals surface area (Å²) in [6, 6.07) is 12.0. The molecule has 4 nitrogen and oxygen atoms in total. The Morgan fingerprint density at radius 2 is 1.83 bits per heavy atom. The summed E-state index contributed by atoms with van der Waals surface area (Å²) in [4.78, 5) is 26.5. The van der Waals surface area contributed by atoms with E-state index in [-0.39, 0.29) is 17.9 Å². The minimum atomic E-state index is -0.394. The fourth-order valence-corrected chi connectivity index (χ4v) is 3.46. The van der Waals surface area contributed by atoms with Crippen LogP contribution in [0.25, 0.3) is 0 Å². The van der Waals surface area contributed by atoms with Crippen molar-refractivity contribution in [1.29, 1.82) is 0 Å². The average molecular weight is 363 g/mol. The van der Waals surface area contributed by atoms with Gasteiger partial charge in [0.05, 0.1) is 16.0 Å². The molecule has 0 bridgehead atoms. The van der Waals surface area contributed by atoms with E-state index in [1.165, 1.54) is 0 Å². The number of hydrogen-bond acceptors (Lipinski definition) is 2. The molecule has 0 aromatic heterocycles. The number of halogens is 2. The lowest BCUT2D eigenvalue weighted by Gasteiger charge is -2.38. The van der Waals surface area contributed by atoms with Gasteiger partial charge in [0.15, 0.2) is 0 Å². The zero-order valence-electron chi connectivity index (χ0n) is 13.0. The van der Waals surface area contributed by atoms with Crippen LogP contribution in [0.5, 0.6) is 0 Å². The predicted octanol–water partition coefficient (Wildman–Crippen LogP) is 4.00. The van der Waals surface area contributed by atoms with Crippen LogP contribution >= 0.6 is 23.2 Å². The molecule has 0 saturated heterocycles. The fraction of sp³-hybridized carbons (Fsp3) is 0.222. The summed E-state index contributed by atoms with van der Waals surface area (Å²) in [5.41, 5.74) is 7.47. The standard InChI is InChI=1S/C18H16Cl2N2O2/c1-10-8-13(17(21)23)12-4-2-3-5-16(12)22(10)18(24)11-6-7-14(19)15(20)9-11/h2-7,9-10,13H,8H2,1H3,(H2,21,23)/t10-,13+/m1/s1. The van der Waals surface area contributed by atoms with Gasteiger partial charge in [-0.3, -0.25) is 9.59 Å². The molecule has 0 aliphatic carbocycles. The van der Waals surface area contributed by atoms with Crippen LogP contribution in [-0.2, 0) is 4.79 Å². The Bertz CT molecular complexity index is 822. The highest BCUT2D eigenvalue weighted by Gasteiger charge is 2.36. The molecule has 0 fully saturated rings. The molecule has 6 heteroatoms. The van der Waals surface area contributed by atoms with Crippen molar-refractivity contribution in [2.75, 3.05) is 4.90 Å². The van der Waals surface area contributed by atoms with Crippen LogP contribution in [0.4, 0.5) is 5.69 Å². The summed E-state index contributed by atoms with van der Waals surface area (Å²) < 4.78 is 0. The second kappa shape index (κ2) is 6.46. The Balaban J connectivity index is 2.06. The van der Waals surface area contributed by atoms with E-state index in [4.69, 9.17) is 28.9 Å². The van der Waals surface area contributed by atoms with Crippen molar-refractivity contribution in [2.24, 2.45) is 5.73 Å². The molecule has 1 heterocycles. The summed E-state index contributed by atoms with van der Waals surface area (Å²) >= 11 is 12.0. The van der Waals surface area contributed by atoms with E-state index in [1.54, 1.807) is 23.1 Å². The van der Waals surface area contributed by atoms with Gasteiger partial charge < -0.3 is 10.6 Å². The number of carbonyl (C=O) groups is 2. The van der Waals surface area contributed by atoms with Gasteiger partial charge in [-0.15, -0.1) is 0 Å². The van der Waals surface area contributed by atoms with Crippen LogP contribution in [-0.4, -0.2) is 17.9 Å². The van der Waals surface area contributed by atoms with E-state index in [0.29, 0.717) is 27.7 Å². The van der Waals surface area contributed by atoms with Crippen LogP contribution < -0.4 is 10.6 Å². The predicted molar refractivity (Wildman–Crippen MR) is 95.7 cm³/mol. The van der Waals surface area contributed by atoms with Crippen molar-refractivity contribution >= 4 is 40.7 Å². The first-order chi connectivity index (χ1) is 11.4. The van der Waals surface area contributed by atoms with Gasteiger partial charge in [0.1, 0.15) is 0 Å². The molecule has 124 valence electrons. The first kappa shape index (κ1) is 16.8. The summed E-state index contributed by atoms with van der Waals surface area (Å²) in [5, 5.41) is 0.726. The van der Waals surface area contributed by atoms with Crippen molar-refractivity contribution in [3.63, 3.8) is 0 Å². The molecule has 1 aliphatic rings. The van der Waals surface area contributed by atoms with E-state index in [0.717, 1.165) is 5.56 Å². The van der Waals surface area contributed by atoms with Gasteiger partial charge in [-0.05, 0) is 43.2 Å². The second-order valence-electron chi connectivity index (χ2n) is 5.90. The van der Waals surface area contributed by atoms with Gasteiger partial charge in [-0.2, -0.15) is 0 Å². The minimum absolute atomic E-state index is 0.167. The van der Waals surface area contributed by atoms with Gasteiger partial charge in [0.25, 0.3) is 5.91 Å². The zero-order chi connectivity index (χ0) is 17.4. The number of amides is 2. The highest BCUT2D eigenvalue weighted by molar-refractivity contribution is 6.42. The summed E-state index contributed by atoms with van der Waals surface area (Å²) in [7, 11) is 0. The van der Waals surface area contributed by atoms with Gasteiger partial charge >= 0.3 is 0 Å². The Labute approximate surface area is 150 Å². The number of nitrogens with zero attached hydrogens (tertiary/aromatic N) is 1. The molecule has 2 aromatic rings. The van der Waals surface area contributed by atoms with Crippen molar-refractivity contribution in [3.8, 4) is 0 Å². The summed E-state index contributed by atoms with van der Waals surface area (Å²) in [6.45, 7) is 1.90. The van der Waals surface area contributed by atoms with Crippen LogP contribution in [0, 0.1) is 0 Å². The quantitative estimate of drug-likeness (QED) is 0.877. The van der Waals surface area contributed by atoms with Crippen LogP contribution in [0.15, 0.2) is 42.5 Å². The highest BCUT2D eigenvalue weighted by Crippen LogP contribution is 2.39.